The third-order valence-electron chi connectivity index (χ3n) is 4.14. The van der Waals surface area contributed by atoms with Gasteiger partial charge in [-0.3, -0.25) is 0 Å². The van der Waals surface area contributed by atoms with Crippen LogP contribution in [0.3, 0.4) is 0 Å². The summed E-state index contributed by atoms with van der Waals surface area (Å²) < 4.78 is 0. The minimum absolute atomic E-state index is 0.266. The van der Waals surface area contributed by atoms with Crippen molar-refractivity contribution in [2.45, 2.75) is 31.9 Å². The number of pyridine rings is 1. The molecule has 2 rings (SSSR count). The molecule has 3 N–H and O–H groups in total. The van der Waals surface area contributed by atoms with E-state index in [0.717, 1.165) is 24.5 Å². The summed E-state index contributed by atoms with van der Waals surface area (Å²) in [4.78, 5) is 20.3. The first kappa shape index (κ1) is 18.5. The molecule has 0 aliphatic carbocycles. The number of likely N-dealkylation sites (tertiary alicyclic amines) is 1. The van der Waals surface area contributed by atoms with Gasteiger partial charge < -0.3 is 25.5 Å². The van der Waals surface area contributed by atoms with E-state index in [-0.39, 0.29) is 12.6 Å². The second kappa shape index (κ2) is 9.44. The van der Waals surface area contributed by atoms with Crippen molar-refractivity contribution in [2.75, 3.05) is 45.2 Å². The molecule has 7 nitrogen and oxygen atoms in total. The molecule has 0 saturated carbocycles. The molecule has 2 heterocycles. The van der Waals surface area contributed by atoms with E-state index in [1.807, 2.05) is 31.1 Å². The van der Waals surface area contributed by atoms with Crippen molar-refractivity contribution >= 4 is 11.8 Å². The molecular weight excluding hydrogens is 306 g/mol. The zero-order chi connectivity index (χ0) is 17.4. The molecule has 1 saturated heterocycles. The van der Waals surface area contributed by atoms with Crippen LogP contribution < -0.4 is 15.5 Å². The Morgan fingerprint density at radius 3 is 2.79 bits per heavy atom. The molecule has 1 aromatic rings. The largest absolute Gasteiger partial charge is 0.390 e. The summed E-state index contributed by atoms with van der Waals surface area (Å²) in [5.41, 5.74) is 0.984. The topological polar surface area (TPSA) is 80.7 Å². The van der Waals surface area contributed by atoms with Crippen molar-refractivity contribution < 1.29 is 9.90 Å². The van der Waals surface area contributed by atoms with Gasteiger partial charge in [0.1, 0.15) is 5.82 Å². The summed E-state index contributed by atoms with van der Waals surface area (Å²) in [5, 5.41) is 15.6. The van der Waals surface area contributed by atoms with Gasteiger partial charge in [-0.15, -0.1) is 0 Å². The Hall–Kier alpha value is -1.86. The van der Waals surface area contributed by atoms with Gasteiger partial charge in [0.25, 0.3) is 0 Å². The van der Waals surface area contributed by atoms with Crippen LogP contribution in [0.25, 0.3) is 0 Å². The summed E-state index contributed by atoms with van der Waals surface area (Å²) in [6.45, 7) is 3.40. The average Bonchev–Trinajstić information content (AvgIpc) is 2.59. The Labute approximate surface area is 144 Å². The first-order chi connectivity index (χ1) is 11.5. The number of aliphatic hydroxyl groups is 1. The lowest BCUT2D eigenvalue weighted by molar-refractivity contribution is 0.101. The molecule has 1 unspecified atom stereocenters. The van der Waals surface area contributed by atoms with Crippen molar-refractivity contribution in [1.29, 1.82) is 0 Å². The van der Waals surface area contributed by atoms with Crippen LogP contribution >= 0.6 is 0 Å². The van der Waals surface area contributed by atoms with Crippen LogP contribution in [0.5, 0.6) is 0 Å². The standard InChI is InChI=1S/C17H29N5O2/c1-21(2)16-10-14(6-7-18-16)11-19-17(24)20-12-15(23)13-22-8-4-3-5-9-22/h6-7,10,15,23H,3-5,8-9,11-13H2,1-2H3,(H2,19,20,24). The third-order valence-corrected chi connectivity index (χ3v) is 4.14. The van der Waals surface area contributed by atoms with Crippen molar-refractivity contribution in [3.63, 3.8) is 0 Å². The van der Waals surface area contributed by atoms with Gasteiger partial charge in [0, 0.05) is 39.9 Å². The Kier molecular flexibility index (Phi) is 7.27. The first-order valence-electron chi connectivity index (χ1n) is 8.59. The number of nitrogens with one attached hydrogen (secondary N) is 2. The second-order valence-corrected chi connectivity index (χ2v) is 6.50. The van der Waals surface area contributed by atoms with E-state index in [4.69, 9.17) is 0 Å². The molecule has 134 valence electrons. The van der Waals surface area contributed by atoms with E-state index < -0.39 is 6.10 Å². The number of anilines is 1. The predicted octanol–water partition coefficient (Wildman–Crippen LogP) is 0.794. The van der Waals surface area contributed by atoms with Gasteiger partial charge in [-0.1, -0.05) is 6.42 Å². The van der Waals surface area contributed by atoms with Crippen LogP contribution in [-0.2, 0) is 6.54 Å². The van der Waals surface area contributed by atoms with Crippen LogP contribution in [0, 0.1) is 0 Å². The van der Waals surface area contributed by atoms with Crippen molar-refractivity contribution in [2.24, 2.45) is 0 Å². The van der Waals surface area contributed by atoms with E-state index in [1.165, 1.54) is 19.3 Å². The molecule has 1 atom stereocenters. The molecule has 0 bridgehead atoms. The fourth-order valence-electron chi connectivity index (χ4n) is 2.78. The second-order valence-electron chi connectivity index (χ2n) is 6.50. The fourth-order valence-corrected chi connectivity index (χ4v) is 2.78. The van der Waals surface area contributed by atoms with Crippen LogP contribution in [-0.4, -0.2) is 67.4 Å². The number of β-amino-alcohol motifs (C(OH)–C–C–N with tert-alkyl or cyclic N) is 1. The van der Waals surface area contributed by atoms with Crippen LogP contribution in [0.2, 0.25) is 0 Å². The van der Waals surface area contributed by atoms with Gasteiger partial charge in [-0.25, -0.2) is 9.78 Å². The van der Waals surface area contributed by atoms with Gasteiger partial charge in [-0.05, 0) is 43.6 Å². The first-order valence-corrected chi connectivity index (χ1v) is 8.59. The number of nitrogens with zero attached hydrogens (tertiary/aromatic N) is 3. The molecule has 0 radical (unpaired) electrons. The molecule has 2 amide bonds. The number of amides is 2. The highest BCUT2D eigenvalue weighted by atomic mass is 16.3. The normalized spacial score (nSPS) is 16.5. The maximum Gasteiger partial charge on any atom is 0.315 e. The Bertz CT molecular complexity index is 517. The number of piperidine rings is 1. The summed E-state index contributed by atoms with van der Waals surface area (Å²) >= 11 is 0. The lowest BCUT2D eigenvalue weighted by Crippen LogP contribution is -2.44. The molecular formula is C17H29N5O2. The lowest BCUT2D eigenvalue weighted by Gasteiger charge is -2.28. The van der Waals surface area contributed by atoms with Crippen LogP contribution in [0.15, 0.2) is 18.3 Å². The molecule has 1 aliphatic rings. The monoisotopic (exact) mass is 335 g/mol. The molecule has 24 heavy (non-hydrogen) atoms. The van der Waals surface area contributed by atoms with Gasteiger partial charge in [0.2, 0.25) is 0 Å². The summed E-state index contributed by atoms with van der Waals surface area (Å²) in [7, 11) is 3.85. The molecule has 1 aliphatic heterocycles. The fraction of sp³-hybridized carbons (Fsp3) is 0.647. The number of aromatic nitrogens is 1. The van der Waals surface area contributed by atoms with E-state index in [0.29, 0.717) is 13.1 Å². The zero-order valence-electron chi connectivity index (χ0n) is 14.7. The number of hydrogen-bond donors (Lipinski definition) is 3. The van der Waals surface area contributed by atoms with Gasteiger partial charge >= 0.3 is 6.03 Å². The SMILES string of the molecule is CN(C)c1cc(CNC(=O)NCC(O)CN2CCCCC2)ccn1. The minimum atomic E-state index is -0.532. The summed E-state index contributed by atoms with van der Waals surface area (Å²) in [6.07, 6.45) is 4.86. The molecule has 7 heteroatoms. The predicted molar refractivity (Wildman–Crippen MR) is 95.1 cm³/mol. The summed E-state index contributed by atoms with van der Waals surface area (Å²) in [6, 6.07) is 3.54. The number of rotatable bonds is 7. The third kappa shape index (κ3) is 6.33. The minimum Gasteiger partial charge on any atom is -0.390 e. The Morgan fingerprint density at radius 2 is 2.08 bits per heavy atom. The Morgan fingerprint density at radius 1 is 1.33 bits per heavy atom. The molecule has 0 spiro atoms. The maximum atomic E-state index is 11.9. The lowest BCUT2D eigenvalue weighted by atomic mass is 10.1. The maximum absolute atomic E-state index is 11.9. The average molecular weight is 335 g/mol. The number of aliphatic hydroxyl groups excluding tert-OH is 1. The number of carbonyl (C=O) groups is 1. The van der Waals surface area contributed by atoms with E-state index in [2.05, 4.69) is 20.5 Å². The van der Waals surface area contributed by atoms with Gasteiger partial charge in [0.05, 0.1) is 6.10 Å². The zero-order valence-corrected chi connectivity index (χ0v) is 14.7. The van der Waals surface area contributed by atoms with Gasteiger partial charge in [-0.2, -0.15) is 0 Å². The van der Waals surface area contributed by atoms with Crippen molar-refractivity contribution in [1.82, 2.24) is 20.5 Å². The van der Waals surface area contributed by atoms with E-state index >= 15 is 0 Å². The quantitative estimate of drug-likeness (QED) is 0.687. The molecule has 0 aromatic carbocycles. The van der Waals surface area contributed by atoms with E-state index in [9.17, 15) is 9.90 Å². The van der Waals surface area contributed by atoms with Crippen molar-refractivity contribution in [3.8, 4) is 0 Å². The Balaban J connectivity index is 1.66. The van der Waals surface area contributed by atoms with Crippen LogP contribution in [0.4, 0.5) is 10.6 Å². The number of urea groups is 1. The van der Waals surface area contributed by atoms with Crippen molar-refractivity contribution in [3.05, 3.63) is 23.9 Å². The highest BCUT2D eigenvalue weighted by Crippen LogP contribution is 2.09. The molecule has 1 fully saturated rings. The van der Waals surface area contributed by atoms with E-state index in [1.54, 1.807) is 6.20 Å². The van der Waals surface area contributed by atoms with Crippen LogP contribution in [0.1, 0.15) is 24.8 Å². The van der Waals surface area contributed by atoms with Gasteiger partial charge in [0.15, 0.2) is 0 Å². The highest BCUT2D eigenvalue weighted by molar-refractivity contribution is 5.73. The summed E-state index contributed by atoms with van der Waals surface area (Å²) in [5.74, 6) is 0.853. The number of carbonyl (C=O) groups excluding carboxylic acids is 1. The highest BCUT2D eigenvalue weighted by Gasteiger charge is 2.15. The number of hydrogen-bond acceptors (Lipinski definition) is 5. The molecule has 1 aromatic heterocycles. The smallest absolute Gasteiger partial charge is 0.315 e.